The molecular weight excluding hydrogens is 450 g/mol. The molecule has 0 aromatic heterocycles. The lowest BCUT2D eigenvalue weighted by atomic mass is 9.43. The molecule has 0 saturated heterocycles. The van der Waals surface area contributed by atoms with Gasteiger partial charge in [-0.25, -0.2) is 0 Å². The summed E-state index contributed by atoms with van der Waals surface area (Å²) in [4.78, 5) is 26.5. The number of thioether (sulfide) groups is 1. The predicted octanol–water partition coefficient (Wildman–Crippen LogP) is 4.63. The first kappa shape index (κ1) is 26.3. The molecule has 1 amide bonds. The summed E-state index contributed by atoms with van der Waals surface area (Å²) in [5, 5.41) is 12.2. The Morgan fingerprint density at radius 3 is 2.50 bits per heavy atom. The molecule has 0 bridgehead atoms. The molecule has 0 aliphatic heterocycles. The molecule has 0 aromatic rings. The molecular formula is C27H45NO5S. The zero-order valence-electron chi connectivity index (χ0n) is 21.6. The molecule has 4 fully saturated rings. The van der Waals surface area contributed by atoms with Crippen LogP contribution in [0.3, 0.4) is 0 Å². The fraction of sp³-hybridized carbons (Fsp3) is 0.926. The summed E-state index contributed by atoms with van der Waals surface area (Å²) in [7, 11) is 0. The predicted molar refractivity (Wildman–Crippen MR) is 134 cm³/mol. The molecule has 0 radical (unpaired) electrons. The van der Waals surface area contributed by atoms with Gasteiger partial charge in [0.25, 0.3) is 0 Å². The molecule has 6 nitrogen and oxygen atoms in total. The standard InChI is InChI=1S/C27H45NO5S/c1-19(29)28(15-16-32-18-34-4)17-26-11-5-6-12-27(26,31)14-9-21-22-7-8-24(33-20(2)30)25(22,3)13-10-23(21)26/h21-24,31H,5-18H2,1-4H3. The van der Waals surface area contributed by atoms with Gasteiger partial charge in [-0.2, -0.15) is 0 Å². The summed E-state index contributed by atoms with van der Waals surface area (Å²) in [6, 6.07) is 0. The van der Waals surface area contributed by atoms with Crippen LogP contribution in [0.15, 0.2) is 0 Å². The van der Waals surface area contributed by atoms with Crippen LogP contribution in [-0.2, 0) is 19.1 Å². The van der Waals surface area contributed by atoms with Crippen molar-refractivity contribution < 1.29 is 24.2 Å². The van der Waals surface area contributed by atoms with Gasteiger partial charge in [-0.1, -0.05) is 19.8 Å². The molecule has 194 valence electrons. The van der Waals surface area contributed by atoms with E-state index in [4.69, 9.17) is 9.47 Å². The largest absolute Gasteiger partial charge is 0.462 e. The Labute approximate surface area is 209 Å². The van der Waals surface area contributed by atoms with Gasteiger partial charge in [-0.05, 0) is 75.4 Å². The van der Waals surface area contributed by atoms with Crippen molar-refractivity contribution >= 4 is 23.6 Å². The maximum atomic E-state index is 12.7. The molecule has 4 aliphatic rings. The molecule has 7 atom stereocenters. The van der Waals surface area contributed by atoms with E-state index < -0.39 is 5.60 Å². The van der Waals surface area contributed by atoms with Gasteiger partial charge in [0.15, 0.2) is 0 Å². The number of esters is 1. The highest BCUT2D eigenvalue weighted by Gasteiger charge is 2.66. The number of nitrogens with zero attached hydrogens (tertiary/aromatic N) is 1. The van der Waals surface area contributed by atoms with Crippen molar-refractivity contribution in [2.45, 2.75) is 96.7 Å². The second kappa shape index (κ2) is 10.3. The van der Waals surface area contributed by atoms with Gasteiger partial charge < -0.3 is 19.5 Å². The lowest BCUT2D eigenvalue weighted by molar-refractivity contribution is -0.222. The Bertz CT molecular complexity index is 763. The van der Waals surface area contributed by atoms with Gasteiger partial charge in [0.1, 0.15) is 6.10 Å². The molecule has 0 aromatic carbocycles. The van der Waals surface area contributed by atoms with E-state index >= 15 is 0 Å². The van der Waals surface area contributed by atoms with Gasteiger partial charge in [0, 0.05) is 37.8 Å². The van der Waals surface area contributed by atoms with Crippen molar-refractivity contribution in [2.75, 3.05) is 31.9 Å². The van der Waals surface area contributed by atoms with Crippen LogP contribution in [0.2, 0.25) is 0 Å². The van der Waals surface area contributed by atoms with Crippen LogP contribution in [0, 0.1) is 28.6 Å². The number of carbonyl (C=O) groups is 2. The fourth-order valence-corrected chi connectivity index (χ4v) is 9.00. The summed E-state index contributed by atoms with van der Waals surface area (Å²) in [6.07, 6.45) is 12.1. The first-order chi connectivity index (χ1) is 16.2. The lowest BCUT2D eigenvalue weighted by Gasteiger charge is -2.65. The monoisotopic (exact) mass is 495 g/mol. The fourth-order valence-electron chi connectivity index (χ4n) is 8.72. The van der Waals surface area contributed by atoms with Gasteiger partial charge in [0.2, 0.25) is 5.91 Å². The van der Waals surface area contributed by atoms with E-state index in [-0.39, 0.29) is 28.8 Å². The number of carbonyl (C=O) groups excluding carboxylic acids is 2. The van der Waals surface area contributed by atoms with Crippen molar-refractivity contribution in [2.24, 2.45) is 28.6 Å². The van der Waals surface area contributed by atoms with E-state index in [1.54, 1.807) is 18.7 Å². The third kappa shape index (κ3) is 4.54. The molecule has 4 saturated carbocycles. The van der Waals surface area contributed by atoms with Crippen LogP contribution >= 0.6 is 11.8 Å². The maximum absolute atomic E-state index is 12.7. The number of aliphatic hydroxyl groups is 1. The Morgan fingerprint density at radius 2 is 1.79 bits per heavy atom. The first-order valence-electron chi connectivity index (χ1n) is 13.4. The van der Waals surface area contributed by atoms with E-state index in [9.17, 15) is 14.7 Å². The van der Waals surface area contributed by atoms with Crippen LogP contribution in [0.5, 0.6) is 0 Å². The molecule has 7 heteroatoms. The highest BCUT2D eigenvalue weighted by Crippen LogP contribution is 2.67. The third-order valence-corrected chi connectivity index (χ3v) is 10.7. The second-order valence-corrected chi connectivity index (χ2v) is 12.6. The van der Waals surface area contributed by atoms with Crippen molar-refractivity contribution in [1.29, 1.82) is 0 Å². The highest BCUT2D eigenvalue weighted by molar-refractivity contribution is 7.98. The zero-order valence-corrected chi connectivity index (χ0v) is 22.5. The van der Waals surface area contributed by atoms with Gasteiger partial charge in [-0.3, -0.25) is 9.59 Å². The molecule has 0 heterocycles. The minimum atomic E-state index is -0.693. The summed E-state index contributed by atoms with van der Waals surface area (Å²) in [6.45, 7) is 7.28. The average Bonchev–Trinajstić information content (AvgIpc) is 3.11. The molecule has 0 spiro atoms. The van der Waals surface area contributed by atoms with Crippen molar-refractivity contribution in [3.63, 3.8) is 0 Å². The number of amides is 1. The third-order valence-electron chi connectivity index (χ3n) is 10.3. The normalized spacial score (nSPS) is 41.2. The Balaban J connectivity index is 1.61. The topological polar surface area (TPSA) is 76.1 Å². The van der Waals surface area contributed by atoms with E-state index in [2.05, 4.69) is 6.92 Å². The smallest absolute Gasteiger partial charge is 0.302 e. The number of ether oxygens (including phenoxy) is 2. The number of fused-ring (bicyclic) bond motifs is 5. The quantitative estimate of drug-likeness (QED) is 0.301. The Hall–Kier alpha value is -0.790. The maximum Gasteiger partial charge on any atom is 0.302 e. The summed E-state index contributed by atoms with van der Waals surface area (Å²) in [5.41, 5.74) is -0.911. The first-order valence-corrected chi connectivity index (χ1v) is 14.8. The Morgan fingerprint density at radius 1 is 1.03 bits per heavy atom. The van der Waals surface area contributed by atoms with Crippen molar-refractivity contribution in [1.82, 2.24) is 4.90 Å². The molecule has 7 unspecified atom stereocenters. The van der Waals surface area contributed by atoms with Crippen LogP contribution in [-0.4, -0.2) is 65.5 Å². The van der Waals surface area contributed by atoms with Gasteiger partial charge in [0.05, 0.1) is 18.1 Å². The van der Waals surface area contributed by atoms with Crippen molar-refractivity contribution in [3.8, 4) is 0 Å². The molecule has 4 rings (SSSR count). The Kier molecular flexibility index (Phi) is 7.96. The number of rotatable bonds is 8. The lowest BCUT2D eigenvalue weighted by Crippen LogP contribution is -2.66. The van der Waals surface area contributed by atoms with Crippen LogP contribution in [0.1, 0.15) is 85.0 Å². The van der Waals surface area contributed by atoms with Crippen LogP contribution < -0.4 is 0 Å². The minimum absolute atomic E-state index is 0.0152. The van der Waals surface area contributed by atoms with Crippen molar-refractivity contribution in [3.05, 3.63) is 0 Å². The van der Waals surface area contributed by atoms with Gasteiger partial charge in [-0.15, -0.1) is 11.8 Å². The highest BCUT2D eigenvalue weighted by atomic mass is 32.2. The van der Waals surface area contributed by atoms with Gasteiger partial charge >= 0.3 is 5.97 Å². The zero-order chi connectivity index (χ0) is 24.6. The van der Waals surface area contributed by atoms with E-state index in [0.29, 0.717) is 43.4 Å². The molecule has 34 heavy (non-hydrogen) atoms. The molecule has 1 N–H and O–H groups in total. The molecule has 4 aliphatic carbocycles. The summed E-state index contributed by atoms with van der Waals surface area (Å²) >= 11 is 1.64. The van der Waals surface area contributed by atoms with Crippen LogP contribution in [0.4, 0.5) is 0 Å². The van der Waals surface area contributed by atoms with E-state index in [1.165, 1.54) is 6.92 Å². The summed E-state index contributed by atoms with van der Waals surface area (Å²) in [5.74, 6) is 2.00. The number of hydrogen-bond acceptors (Lipinski definition) is 6. The summed E-state index contributed by atoms with van der Waals surface area (Å²) < 4.78 is 11.5. The minimum Gasteiger partial charge on any atom is -0.462 e. The van der Waals surface area contributed by atoms with Crippen LogP contribution in [0.25, 0.3) is 0 Å². The van der Waals surface area contributed by atoms with E-state index in [0.717, 1.165) is 64.2 Å². The average molecular weight is 496 g/mol. The van der Waals surface area contributed by atoms with E-state index in [1.807, 2.05) is 11.2 Å². The number of hydrogen-bond donors (Lipinski definition) is 1. The second-order valence-electron chi connectivity index (χ2n) is 11.8. The SMILES string of the molecule is CSCOCCN(CC12CCCCC1(O)CCC1C3CCC(OC(C)=O)C3(C)CCC12)C(C)=O.